The summed E-state index contributed by atoms with van der Waals surface area (Å²) in [6.45, 7) is 3.42. The topological polar surface area (TPSA) is 42.2 Å². The fourth-order valence-electron chi connectivity index (χ4n) is 2.52. The van der Waals surface area contributed by atoms with Crippen LogP contribution >= 0.6 is 11.5 Å². The average Bonchev–Trinajstić information content (AvgIpc) is 2.96. The van der Waals surface area contributed by atoms with Crippen LogP contribution in [0.3, 0.4) is 0 Å². The summed E-state index contributed by atoms with van der Waals surface area (Å²) >= 11 is 1.50. The van der Waals surface area contributed by atoms with E-state index >= 15 is 0 Å². The van der Waals surface area contributed by atoms with Gasteiger partial charge in [0.15, 0.2) is 0 Å². The van der Waals surface area contributed by atoms with Crippen molar-refractivity contribution in [2.45, 2.75) is 13.3 Å². The van der Waals surface area contributed by atoms with Gasteiger partial charge in [-0.05, 0) is 35.4 Å². The van der Waals surface area contributed by atoms with Gasteiger partial charge < -0.3 is 10.6 Å². The van der Waals surface area contributed by atoms with Gasteiger partial charge in [0.2, 0.25) is 0 Å². The molecule has 0 amide bonds. The maximum absolute atomic E-state index is 6.06. The maximum atomic E-state index is 6.06. The Hall–Kier alpha value is -1.55. The van der Waals surface area contributed by atoms with Crippen LogP contribution in [0.2, 0.25) is 0 Å². The minimum absolute atomic E-state index is 0.641. The molecule has 1 saturated carbocycles. The Labute approximate surface area is 118 Å². The second kappa shape index (κ2) is 4.85. The maximum Gasteiger partial charge on any atom is 0.147 e. The monoisotopic (exact) mass is 273 g/mol. The average molecular weight is 273 g/mol. The van der Waals surface area contributed by atoms with Gasteiger partial charge in [0.1, 0.15) is 10.8 Å². The number of benzene rings is 1. The van der Waals surface area contributed by atoms with Gasteiger partial charge in [0, 0.05) is 13.6 Å². The van der Waals surface area contributed by atoms with Gasteiger partial charge in [-0.25, -0.2) is 0 Å². The van der Waals surface area contributed by atoms with E-state index in [9.17, 15) is 0 Å². The molecule has 2 N–H and O–H groups in total. The first-order valence-corrected chi connectivity index (χ1v) is 7.46. The van der Waals surface area contributed by atoms with Crippen LogP contribution in [0, 0.1) is 11.8 Å². The molecule has 2 atom stereocenters. The molecule has 2 aromatic rings. The van der Waals surface area contributed by atoms with Crippen molar-refractivity contribution in [2.24, 2.45) is 11.8 Å². The SMILES string of the molecule is CC1CC1CN(C)c1snc(N)c1-c1ccccc1. The number of aromatic nitrogens is 1. The third-order valence-electron chi connectivity index (χ3n) is 3.89. The van der Waals surface area contributed by atoms with Crippen LogP contribution in [0.15, 0.2) is 30.3 Å². The zero-order chi connectivity index (χ0) is 13.4. The smallest absolute Gasteiger partial charge is 0.147 e. The lowest BCUT2D eigenvalue weighted by Crippen LogP contribution is -2.20. The lowest BCUT2D eigenvalue weighted by Gasteiger charge is -2.18. The van der Waals surface area contributed by atoms with Crippen molar-refractivity contribution in [3.8, 4) is 11.1 Å². The van der Waals surface area contributed by atoms with E-state index in [0.717, 1.165) is 29.5 Å². The molecular formula is C15H19N3S. The number of hydrogen-bond acceptors (Lipinski definition) is 4. The molecule has 1 aliphatic carbocycles. The van der Waals surface area contributed by atoms with Crippen LogP contribution in [-0.4, -0.2) is 18.0 Å². The number of hydrogen-bond donors (Lipinski definition) is 1. The zero-order valence-corrected chi connectivity index (χ0v) is 12.2. The van der Waals surface area contributed by atoms with E-state index in [1.165, 1.54) is 23.0 Å². The fourth-order valence-corrected chi connectivity index (χ4v) is 3.32. The lowest BCUT2D eigenvalue weighted by atomic mass is 10.1. The highest BCUT2D eigenvalue weighted by molar-refractivity contribution is 7.11. The largest absolute Gasteiger partial charge is 0.382 e. The van der Waals surface area contributed by atoms with Gasteiger partial charge in [0.05, 0.1) is 5.56 Å². The van der Waals surface area contributed by atoms with Crippen LogP contribution in [0.5, 0.6) is 0 Å². The first-order valence-electron chi connectivity index (χ1n) is 6.68. The first-order chi connectivity index (χ1) is 9.16. The van der Waals surface area contributed by atoms with Crippen LogP contribution in [0.25, 0.3) is 11.1 Å². The molecule has 0 spiro atoms. The van der Waals surface area contributed by atoms with Gasteiger partial charge in [-0.3, -0.25) is 0 Å². The van der Waals surface area contributed by atoms with E-state index in [1.54, 1.807) is 0 Å². The molecule has 1 fully saturated rings. The highest BCUT2D eigenvalue weighted by Gasteiger charge is 2.34. The molecule has 2 unspecified atom stereocenters. The molecule has 1 aliphatic rings. The molecule has 3 nitrogen and oxygen atoms in total. The molecular weight excluding hydrogens is 254 g/mol. The number of nitrogens with two attached hydrogens (primary N) is 1. The molecule has 100 valence electrons. The summed E-state index contributed by atoms with van der Waals surface area (Å²) in [5, 5.41) is 1.18. The number of rotatable bonds is 4. The highest BCUT2D eigenvalue weighted by atomic mass is 32.1. The molecule has 1 aromatic carbocycles. The van der Waals surface area contributed by atoms with E-state index < -0.39 is 0 Å². The molecule has 4 heteroatoms. The van der Waals surface area contributed by atoms with Gasteiger partial charge in [0.25, 0.3) is 0 Å². The Morgan fingerprint density at radius 3 is 2.68 bits per heavy atom. The van der Waals surface area contributed by atoms with Gasteiger partial charge >= 0.3 is 0 Å². The quantitative estimate of drug-likeness (QED) is 0.927. The number of nitrogen functional groups attached to an aromatic ring is 1. The number of anilines is 2. The number of nitrogens with zero attached hydrogens (tertiary/aromatic N) is 2. The summed E-state index contributed by atoms with van der Waals surface area (Å²) in [7, 11) is 2.14. The van der Waals surface area contributed by atoms with Crippen molar-refractivity contribution < 1.29 is 0 Å². The minimum atomic E-state index is 0.641. The Balaban J connectivity index is 1.90. The van der Waals surface area contributed by atoms with E-state index in [4.69, 9.17) is 5.73 Å². The predicted molar refractivity (Wildman–Crippen MR) is 82.5 cm³/mol. The van der Waals surface area contributed by atoms with Crippen molar-refractivity contribution in [2.75, 3.05) is 24.2 Å². The van der Waals surface area contributed by atoms with Gasteiger partial charge in [-0.2, -0.15) is 4.37 Å². The summed E-state index contributed by atoms with van der Waals surface area (Å²) in [5.41, 5.74) is 8.29. The van der Waals surface area contributed by atoms with Crippen LogP contribution in [0.4, 0.5) is 10.8 Å². The first kappa shape index (κ1) is 12.5. The second-order valence-electron chi connectivity index (χ2n) is 5.47. The van der Waals surface area contributed by atoms with Crippen molar-refractivity contribution in [1.29, 1.82) is 0 Å². The predicted octanol–water partition coefficient (Wildman–Crippen LogP) is 3.48. The summed E-state index contributed by atoms with van der Waals surface area (Å²) in [5.74, 6) is 2.34. The summed E-state index contributed by atoms with van der Waals surface area (Å²) < 4.78 is 4.34. The third kappa shape index (κ3) is 2.45. The molecule has 0 saturated heterocycles. The highest BCUT2D eigenvalue weighted by Crippen LogP contribution is 2.42. The summed E-state index contributed by atoms with van der Waals surface area (Å²) in [6, 6.07) is 10.3. The van der Waals surface area contributed by atoms with Crippen molar-refractivity contribution in [1.82, 2.24) is 4.37 Å². The molecule has 1 heterocycles. The van der Waals surface area contributed by atoms with E-state index in [1.807, 2.05) is 18.2 Å². The molecule has 0 radical (unpaired) electrons. The summed E-state index contributed by atoms with van der Waals surface area (Å²) in [6.07, 6.45) is 1.35. The third-order valence-corrected chi connectivity index (χ3v) is 4.87. The molecule has 1 aromatic heterocycles. The van der Waals surface area contributed by atoms with Crippen LogP contribution < -0.4 is 10.6 Å². The van der Waals surface area contributed by atoms with Crippen molar-refractivity contribution in [3.05, 3.63) is 30.3 Å². The minimum Gasteiger partial charge on any atom is -0.382 e. The van der Waals surface area contributed by atoms with E-state index in [2.05, 4.69) is 35.4 Å². The lowest BCUT2D eigenvalue weighted by molar-refractivity contribution is 0.729. The second-order valence-corrected chi connectivity index (χ2v) is 6.22. The molecule has 19 heavy (non-hydrogen) atoms. The standard InChI is InChI=1S/C15H19N3S/c1-10-8-12(10)9-18(2)15-13(14(16)17-19-15)11-6-4-3-5-7-11/h3-7,10,12H,8-9H2,1-2H3,(H2,16,17). The van der Waals surface area contributed by atoms with Crippen LogP contribution in [-0.2, 0) is 0 Å². The van der Waals surface area contributed by atoms with E-state index in [-0.39, 0.29) is 0 Å². The molecule has 0 aliphatic heterocycles. The van der Waals surface area contributed by atoms with Gasteiger partial charge in [-0.15, -0.1) is 0 Å². The Morgan fingerprint density at radius 2 is 2.05 bits per heavy atom. The van der Waals surface area contributed by atoms with Crippen molar-refractivity contribution >= 4 is 22.4 Å². The zero-order valence-electron chi connectivity index (χ0n) is 11.3. The normalized spacial score (nSPS) is 21.4. The molecule has 3 rings (SSSR count). The Bertz CT molecular complexity index is 564. The summed E-state index contributed by atoms with van der Waals surface area (Å²) in [4.78, 5) is 2.31. The Morgan fingerprint density at radius 1 is 1.37 bits per heavy atom. The molecule has 0 bridgehead atoms. The van der Waals surface area contributed by atoms with E-state index in [0.29, 0.717) is 5.82 Å². The van der Waals surface area contributed by atoms with Crippen molar-refractivity contribution in [3.63, 3.8) is 0 Å². The van der Waals surface area contributed by atoms with Gasteiger partial charge in [-0.1, -0.05) is 37.3 Å². The Kier molecular flexibility index (Phi) is 3.19. The van der Waals surface area contributed by atoms with Crippen LogP contribution in [0.1, 0.15) is 13.3 Å². The fraction of sp³-hybridized carbons (Fsp3) is 0.400.